The molecule has 0 bridgehead atoms. The molecule has 120 valence electrons. The van der Waals surface area contributed by atoms with Crippen LogP contribution in [0.25, 0.3) is 0 Å². The fourth-order valence-electron chi connectivity index (χ4n) is 1.92. The molecule has 4 nitrogen and oxygen atoms in total. The summed E-state index contributed by atoms with van der Waals surface area (Å²) in [6.07, 6.45) is 0. The molecule has 2 unspecified atom stereocenters. The number of nitrogens with one attached hydrogen (secondary N) is 1. The smallest absolute Gasteiger partial charge is 0.194 e. The van der Waals surface area contributed by atoms with Gasteiger partial charge < -0.3 is 10.4 Å². The van der Waals surface area contributed by atoms with Crippen molar-refractivity contribution in [1.82, 2.24) is 5.32 Å². The average molecular weight is 325 g/mol. The summed E-state index contributed by atoms with van der Waals surface area (Å²) in [5, 5.41) is 12.0. The lowest BCUT2D eigenvalue weighted by atomic mass is 10.1. The molecule has 2 N–H and O–H groups in total. The van der Waals surface area contributed by atoms with E-state index >= 15 is 0 Å². The zero-order valence-electron chi connectivity index (χ0n) is 11.7. The number of benzene rings is 1. The standard InChI is InChI=1S/C13H18F3NO3S/c1-3-21(19,20)7-8(2)17-12(6-18)9-4-10(14)13(16)11(15)5-9/h4-5,8,12,17-18H,3,6-7H2,1-2H3. The Balaban J connectivity index is 2.89. The molecule has 0 aliphatic rings. The zero-order valence-corrected chi connectivity index (χ0v) is 12.6. The van der Waals surface area contributed by atoms with E-state index in [1.54, 1.807) is 6.92 Å². The van der Waals surface area contributed by atoms with Gasteiger partial charge in [0.2, 0.25) is 0 Å². The van der Waals surface area contributed by atoms with Crippen molar-refractivity contribution < 1.29 is 26.7 Å². The summed E-state index contributed by atoms with van der Waals surface area (Å²) in [5.41, 5.74) is 0.00893. The van der Waals surface area contributed by atoms with Crippen LogP contribution >= 0.6 is 0 Å². The van der Waals surface area contributed by atoms with Gasteiger partial charge in [-0.25, -0.2) is 21.6 Å². The van der Waals surface area contributed by atoms with Crippen molar-refractivity contribution in [3.8, 4) is 0 Å². The van der Waals surface area contributed by atoms with Gasteiger partial charge in [-0.3, -0.25) is 0 Å². The summed E-state index contributed by atoms with van der Waals surface area (Å²) in [5.74, 6) is -4.51. The highest BCUT2D eigenvalue weighted by atomic mass is 32.2. The van der Waals surface area contributed by atoms with Crippen molar-refractivity contribution in [1.29, 1.82) is 0 Å². The van der Waals surface area contributed by atoms with Crippen molar-refractivity contribution >= 4 is 9.84 Å². The summed E-state index contributed by atoms with van der Waals surface area (Å²) < 4.78 is 62.2. The van der Waals surface area contributed by atoms with Crippen molar-refractivity contribution in [3.63, 3.8) is 0 Å². The van der Waals surface area contributed by atoms with E-state index in [-0.39, 0.29) is 17.1 Å². The normalized spacial score (nSPS) is 15.0. The first-order chi connectivity index (χ1) is 9.70. The summed E-state index contributed by atoms with van der Waals surface area (Å²) in [4.78, 5) is 0. The molecule has 0 saturated carbocycles. The van der Waals surface area contributed by atoms with Crippen molar-refractivity contribution in [3.05, 3.63) is 35.1 Å². The maximum Gasteiger partial charge on any atom is 0.194 e. The number of halogens is 3. The van der Waals surface area contributed by atoms with Gasteiger partial charge in [0.1, 0.15) is 0 Å². The van der Waals surface area contributed by atoms with Crippen molar-refractivity contribution in [2.45, 2.75) is 25.9 Å². The molecule has 1 rings (SSSR count). The molecule has 0 heterocycles. The minimum Gasteiger partial charge on any atom is -0.394 e. The van der Waals surface area contributed by atoms with Gasteiger partial charge in [-0.15, -0.1) is 0 Å². The van der Waals surface area contributed by atoms with Crippen LogP contribution in [-0.2, 0) is 9.84 Å². The minimum absolute atomic E-state index is 0.00893. The molecule has 21 heavy (non-hydrogen) atoms. The predicted molar refractivity (Wildman–Crippen MR) is 73.1 cm³/mol. The van der Waals surface area contributed by atoms with Crippen LogP contribution in [0.5, 0.6) is 0 Å². The molecular weight excluding hydrogens is 307 g/mol. The number of aliphatic hydroxyl groups is 1. The van der Waals surface area contributed by atoms with Gasteiger partial charge in [0.05, 0.1) is 18.4 Å². The average Bonchev–Trinajstić information content (AvgIpc) is 2.41. The summed E-state index contributed by atoms with van der Waals surface area (Å²) in [7, 11) is -3.23. The molecule has 0 spiro atoms. The van der Waals surface area contributed by atoms with E-state index in [4.69, 9.17) is 0 Å². The molecule has 0 aliphatic heterocycles. The van der Waals surface area contributed by atoms with Crippen LogP contribution in [0.1, 0.15) is 25.5 Å². The maximum absolute atomic E-state index is 13.2. The van der Waals surface area contributed by atoms with Gasteiger partial charge in [-0.05, 0) is 24.6 Å². The molecule has 0 aromatic heterocycles. The van der Waals surface area contributed by atoms with Crippen LogP contribution in [0.2, 0.25) is 0 Å². The third kappa shape index (κ3) is 4.98. The van der Waals surface area contributed by atoms with Crippen LogP contribution in [0, 0.1) is 17.5 Å². The molecule has 0 fully saturated rings. The monoisotopic (exact) mass is 325 g/mol. The van der Waals surface area contributed by atoms with Crippen LogP contribution in [0.4, 0.5) is 13.2 Å². The molecule has 8 heteroatoms. The van der Waals surface area contributed by atoms with E-state index in [0.717, 1.165) is 12.1 Å². The lowest BCUT2D eigenvalue weighted by molar-refractivity contribution is 0.236. The molecule has 0 amide bonds. The summed E-state index contributed by atoms with van der Waals surface area (Å²) in [6.45, 7) is 2.57. The fraction of sp³-hybridized carbons (Fsp3) is 0.538. The first-order valence-corrected chi connectivity index (χ1v) is 8.24. The van der Waals surface area contributed by atoms with Gasteiger partial charge in [0.25, 0.3) is 0 Å². The second kappa shape index (κ2) is 7.24. The van der Waals surface area contributed by atoms with E-state index < -0.39 is 46.0 Å². The Morgan fingerprint density at radius 2 is 1.76 bits per heavy atom. The molecular formula is C13H18F3NO3S. The number of aliphatic hydroxyl groups excluding tert-OH is 1. The number of sulfone groups is 1. The number of rotatable bonds is 7. The third-order valence-corrected chi connectivity index (χ3v) is 4.91. The van der Waals surface area contributed by atoms with E-state index in [0.29, 0.717) is 0 Å². The van der Waals surface area contributed by atoms with Gasteiger partial charge >= 0.3 is 0 Å². The highest BCUT2D eigenvalue weighted by Gasteiger charge is 2.21. The van der Waals surface area contributed by atoms with Gasteiger partial charge in [0.15, 0.2) is 27.3 Å². The zero-order chi connectivity index (χ0) is 16.2. The summed E-state index contributed by atoms with van der Waals surface area (Å²) >= 11 is 0. The highest BCUT2D eigenvalue weighted by molar-refractivity contribution is 7.91. The Morgan fingerprint density at radius 3 is 2.19 bits per heavy atom. The van der Waals surface area contributed by atoms with Gasteiger partial charge in [-0.1, -0.05) is 6.92 Å². The third-order valence-electron chi connectivity index (χ3n) is 3.02. The molecule has 2 atom stereocenters. The highest BCUT2D eigenvalue weighted by Crippen LogP contribution is 2.19. The lowest BCUT2D eigenvalue weighted by Gasteiger charge is -2.22. The van der Waals surface area contributed by atoms with Crippen LogP contribution in [0.15, 0.2) is 12.1 Å². The second-order valence-corrected chi connectivity index (χ2v) is 7.20. The Morgan fingerprint density at radius 1 is 1.24 bits per heavy atom. The van der Waals surface area contributed by atoms with Crippen LogP contribution in [-0.4, -0.2) is 37.7 Å². The largest absolute Gasteiger partial charge is 0.394 e. The predicted octanol–water partition coefficient (Wildman–Crippen LogP) is 1.55. The molecule has 1 aromatic carbocycles. The Hall–Kier alpha value is -1.12. The SMILES string of the molecule is CCS(=O)(=O)CC(C)NC(CO)c1cc(F)c(F)c(F)c1. The Bertz CT molecular complexity index is 569. The second-order valence-electron chi connectivity index (χ2n) is 4.80. The van der Waals surface area contributed by atoms with Crippen LogP contribution in [0.3, 0.4) is 0 Å². The van der Waals surface area contributed by atoms with Crippen LogP contribution < -0.4 is 5.32 Å². The van der Waals surface area contributed by atoms with Crippen molar-refractivity contribution in [2.24, 2.45) is 0 Å². The Labute approximate surface area is 121 Å². The number of hydrogen-bond acceptors (Lipinski definition) is 4. The fourth-order valence-corrected chi connectivity index (χ4v) is 3.01. The van der Waals surface area contributed by atoms with Gasteiger partial charge in [-0.2, -0.15) is 0 Å². The Kier molecular flexibility index (Phi) is 6.18. The lowest BCUT2D eigenvalue weighted by Crippen LogP contribution is -2.38. The first-order valence-electron chi connectivity index (χ1n) is 6.42. The molecule has 0 radical (unpaired) electrons. The minimum atomic E-state index is -3.23. The van der Waals surface area contributed by atoms with E-state index in [2.05, 4.69) is 5.32 Å². The first kappa shape index (κ1) is 17.9. The van der Waals surface area contributed by atoms with E-state index in [1.165, 1.54) is 6.92 Å². The van der Waals surface area contributed by atoms with Gasteiger partial charge in [0, 0.05) is 11.8 Å². The molecule has 1 aromatic rings. The van der Waals surface area contributed by atoms with E-state index in [9.17, 15) is 26.7 Å². The topological polar surface area (TPSA) is 66.4 Å². The summed E-state index contributed by atoms with van der Waals surface area (Å²) in [6, 6.07) is 0.112. The molecule has 0 saturated heterocycles. The maximum atomic E-state index is 13.2. The quantitative estimate of drug-likeness (QED) is 0.747. The molecule has 0 aliphatic carbocycles. The number of hydrogen-bond donors (Lipinski definition) is 2. The van der Waals surface area contributed by atoms with E-state index in [1.807, 2.05) is 0 Å². The van der Waals surface area contributed by atoms with Crippen molar-refractivity contribution in [2.75, 3.05) is 18.1 Å².